The lowest BCUT2D eigenvalue weighted by atomic mass is 10.00. The minimum atomic E-state index is -4.94. The molecule has 0 saturated heterocycles. The van der Waals surface area contributed by atoms with Gasteiger partial charge in [0, 0.05) is 25.7 Å². The van der Waals surface area contributed by atoms with Crippen LogP contribution in [0.4, 0.5) is 0 Å². The van der Waals surface area contributed by atoms with Crippen LogP contribution in [-0.2, 0) is 65.4 Å². The molecule has 3 N–H and O–H groups in total. The van der Waals surface area contributed by atoms with E-state index < -0.39 is 97.5 Å². The van der Waals surface area contributed by atoms with Gasteiger partial charge in [0.2, 0.25) is 0 Å². The van der Waals surface area contributed by atoms with E-state index in [0.717, 1.165) is 115 Å². The van der Waals surface area contributed by atoms with Gasteiger partial charge in [0.05, 0.1) is 26.4 Å². The molecule has 0 amide bonds. The lowest BCUT2D eigenvalue weighted by Crippen LogP contribution is -2.30. The van der Waals surface area contributed by atoms with Crippen LogP contribution in [0, 0.1) is 11.8 Å². The summed E-state index contributed by atoms with van der Waals surface area (Å²) in [5.41, 5.74) is 0. The van der Waals surface area contributed by atoms with E-state index in [1.165, 1.54) is 109 Å². The molecule has 19 heteroatoms. The molecular weight excluding hydrogens is 1090 g/mol. The highest BCUT2D eigenvalue weighted by atomic mass is 31.2. The predicted octanol–water partition coefficient (Wildman–Crippen LogP) is 17.3. The van der Waals surface area contributed by atoms with Gasteiger partial charge in [0.1, 0.15) is 19.3 Å². The zero-order valence-corrected chi connectivity index (χ0v) is 54.6. The molecule has 0 radical (unpaired) electrons. The molecule has 0 heterocycles. The summed E-state index contributed by atoms with van der Waals surface area (Å²) in [4.78, 5) is 72.0. The van der Waals surface area contributed by atoms with Gasteiger partial charge in [-0.2, -0.15) is 0 Å². The summed E-state index contributed by atoms with van der Waals surface area (Å²) in [6.07, 6.45) is 37.8. The van der Waals surface area contributed by atoms with E-state index in [4.69, 9.17) is 37.0 Å². The highest BCUT2D eigenvalue weighted by molar-refractivity contribution is 7.47. The molecule has 0 spiro atoms. The fourth-order valence-electron chi connectivity index (χ4n) is 9.32. The van der Waals surface area contributed by atoms with Crippen LogP contribution in [0.1, 0.15) is 311 Å². The number of esters is 4. The molecule has 3 unspecified atom stereocenters. The van der Waals surface area contributed by atoms with Crippen LogP contribution in [-0.4, -0.2) is 96.7 Å². The van der Waals surface area contributed by atoms with Crippen molar-refractivity contribution in [3.8, 4) is 0 Å². The van der Waals surface area contributed by atoms with Crippen molar-refractivity contribution in [2.24, 2.45) is 11.8 Å². The molecule has 0 aromatic carbocycles. The third-order valence-corrected chi connectivity index (χ3v) is 16.7. The van der Waals surface area contributed by atoms with Gasteiger partial charge < -0.3 is 33.8 Å². The van der Waals surface area contributed by atoms with E-state index in [9.17, 15) is 43.2 Å². The fraction of sp³-hybridized carbons (Fsp3) is 0.937. The smallest absolute Gasteiger partial charge is 0.462 e. The molecule has 0 rings (SSSR count). The minimum Gasteiger partial charge on any atom is -0.462 e. The standard InChI is InChI=1S/C63H122O17P2/c1-7-10-12-14-16-17-18-19-20-21-22-23-27-35-41-47-62(67)79-58(52-74-61(66)46-40-34-28-24-26-31-37-43-55(4)5)53-77-81(69,70)75-49-57(64)50-76-82(71,72)78-54-59(51-73-60(65)45-39-33-25-15-13-11-8-2)80-63(68)48-42-36-30-29-32-38-44-56(6)9-3/h55-59,64H,7-54H2,1-6H3,(H,69,70)(H,71,72)/t56?,57-,58-,59-/m1/s1. The Morgan fingerprint density at radius 2 is 0.622 bits per heavy atom. The second-order valence-electron chi connectivity index (χ2n) is 23.5. The van der Waals surface area contributed by atoms with Crippen LogP contribution in [0.15, 0.2) is 0 Å². The Kier molecular flexibility index (Phi) is 54.3. The summed E-state index contributed by atoms with van der Waals surface area (Å²) in [6, 6.07) is 0. The summed E-state index contributed by atoms with van der Waals surface area (Å²) >= 11 is 0. The van der Waals surface area contributed by atoms with Crippen LogP contribution in [0.25, 0.3) is 0 Å². The Morgan fingerprint density at radius 1 is 0.354 bits per heavy atom. The number of rotatable bonds is 62. The molecule has 82 heavy (non-hydrogen) atoms. The molecular formula is C63H122O17P2. The largest absolute Gasteiger partial charge is 0.472 e. The second kappa shape index (κ2) is 55.6. The van der Waals surface area contributed by atoms with E-state index in [1.54, 1.807) is 0 Å². The molecule has 0 fully saturated rings. The Bertz CT molecular complexity index is 1620. The number of hydrogen-bond acceptors (Lipinski definition) is 15. The molecule has 0 aromatic rings. The van der Waals surface area contributed by atoms with Crippen molar-refractivity contribution in [2.45, 2.75) is 330 Å². The van der Waals surface area contributed by atoms with E-state index in [-0.39, 0.29) is 25.7 Å². The van der Waals surface area contributed by atoms with Crippen LogP contribution in [0.3, 0.4) is 0 Å². The molecule has 0 aromatic heterocycles. The average molecular weight is 1210 g/mol. The third kappa shape index (κ3) is 55.9. The first-order valence-electron chi connectivity index (χ1n) is 33.0. The van der Waals surface area contributed by atoms with E-state index in [1.807, 2.05) is 0 Å². The number of unbranched alkanes of at least 4 members (excludes halogenated alkanes) is 31. The minimum absolute atomic E-state index is 0.102. The number of aliphatic hydroxyl groups is 1. The number of carbonyl (C=O) groups is 4. The maximum absolute atomic E-state index is 13.0. The summed E-state index contributed by atoms with van der Waals surface area (Å²) in [7, 11) is -9.88. The van der Waals surface area contributed by atoms with Crippen LogP contribution >= 0.6 is 15.6 Å². The van der Waals surface area contributed by atoms with Crippen molar-refractivity contribution in [1.82, 2.24) is 0 Å². The van der Waals surface area contributed by atoms with Crippen molar-refractivity contribution >= 4 is 39.5 Å². The SMILES string of the molecule is CCCCCCCCCCCCCCCCCC(=O)O[C@H](COC(=O)CCCCCCCCCC(C)C)COP(=O)(O)OC[C@@H](O)COP(=O)(O)OC[C@@H](COC(=O)CCCCCCCCC)OC(=O)CCCCCCCCC(C)CC. The molecule has 0 aliphatic carbocycles. The molecule has 0 aliphatic heterocycles. The van der Waals surface area contributed by atoms with Crippen molar-refractivity contribution < 1.29 is 80.2 Å². The fourth-order valence-corrected chi connectivity index (χ4v) is 10.9. The van der Waals surface area contributed by atoms with Gasteiger partial charge in [-0.15, -0.1) is 0 Å². The van der Waals surface area contributed by atoms with Gasteiger partial charge in [-0.1, -0.05) is 260 Å². The zero-order valence-electron chi connectivity index (χ0n) is 52.8. The van der Waals surface area contributed by atoms with Gasteiger partial charge in [-0.25, -0.2) is 9.13 Å². The number of aliphatic hydroxyl groups excluding tert-OH is 1. The molecule has 6 atom stereocenters. The van der Waals surface area contributed by atoms with Crippen molar-refractivity contribution in [2.75, 3.05) is 39.6 Å². The number of hydrogen-bond donors (Lipinski definition) is 3. The number of phosphoric ester groups is 2. The Labute approximate surface area is 498 Å². The summed E-state index contributed by atoms with van der Waals surface area (Å²) < 4.78 is 67.9. The van der Waals surface area contributed by atoms with Crippen molar-refractivity contribution in [3.05, 3.63) is 0 Å². The number of phosphoric acid groups is 2. The summed E-state index contributed by atoms with van der Waals surface area (Å²) in [6.45, 7) is 9.35. The van der Waals surface area contributed by atoms with E-state index in [0.29, 0.717) is 31.6 Å². The first-order valence-corrected chi connectivity index (χ1v) is 36.0. The normalized spacial score (nSPS) is 14.7. The van der Waals surface area contributed by atoms with Crippen molar-refractivity contribution in [1.29, 1.82) is 0 Å². The van der Waals surface area contributed by atoms with Gasteiger partial charge >= 0.3 is 39.5 Å². The summed E-state index contributed by atoms with van der Waals surface area (Å²) in [5.74, 6) is -0.716. The first-order chi connectivity index (χ1) is 39.4. The van der Waals surface area contributed by atoms with E-state index >= 15 is 0 Å². The Morgan fingerprint density at radius 3 is 0.927 bits per heavy atom. The number of ether oxygens (including phenoxy) is 4. The Hall–Kier alpha value is -1.94. The van der Waals surface area contributed by atoms with Crippen LogP contribution in [0.5, 0.6) is 0 Å². The highest BCUT2D eigenvalue weighted by Gasteiger charge is 2.30. The maximum Gasteiger partial charge on any atom is 0.472 e. The zero-order chi connectivity index (χ0) is 60.8. The highest BCUT2D eigenvalue weighted by Crippen LogP contribution is 2.45. The second-order valence-corrected chi connectivity index (χ2v) is 26.4. The van der Waals surface area contributed by atoms with Gasteiger partial charge in [0.15, 0.2) is 12.2 Å². The Balaban J connectivity index is 5.21. The lowest BCUT2D eigenvalue weighted by Gasteiger charge is -2.21. The quantitative estimate of drug-likeness (QED) is 0.0222. The van der Waals surface area contributed by atoms with E-state index in [2.05, 4.69) is 41.5 Å². The van der Waals surface area contributed by atoms with Crippen LogP contribution in [0.2, 0.25) is 0 Å². The van der Waals surface area contributed by atoms with Gasteiger partial charge in [-0.3, -0.25) is 37.3 Å². The number of carbonyl (C=O) groups excluding carboxylic acids is 4. The monoisotopic (exact) mass is 1210 g/mol. The maximum atomic E-state index is 13.0. The third-order valence-electron chi connectivity index (χ3n) is 14.8. The molecule has 0 bridgehead atoms. The predicted molar refractivity (Wildman–Crippen MR) is 326 cm³/mol. The van der Waals surface area contributed by atoms with Gasteiger partial charge in [0.25, 0.3) is 0 Å². The topological polar surface area (TPSA) is 237 Å². The molecule has 486 valence electrons. The van der Waals surface area contributed by atoms with Gasteiger partial charge in [-0.05, 0) is 37.5 Å². The lowest BCUT2D eigenvalue weighted by molar-refractivity contribution is -0.161. The average Bonchev–Trinajstić information content (AvgIpc) is 3.48. The first kappa shape index (κ1) is 80.1. The van der Waals surface area contributed by atoms with Crippen LogP contribution < -0.4 is 0 Å². The molecule has 17 nitrogen and oxygen atoms in total. The molecule has 0 saturated carbocycles. The summed E-state index contributed by atoms with van der Waals surface area (Å²) in [5, 5.41) is 10.5. The molecule has 0 aliphatic rings. The van der Waals surface area contributed by atoms with Crippen molar-refractivity contribution in [3.63, 3.8) is 0 Å².